The highest BCUT2D eigenvalue weighted by molar-refractivity contribution is 6.91. The number of aryl methyl sites for hydroxylation is 1. The van der Waals surface area contributed by atoms with Gasteiger partial charge in [0.2, 0.25) is 5.91 Å². The highest BCUT2D eigenvalue weighted by Gasteiger charge is 2.51. The number of hydrogen-bond donors (Lipinski definition) is 1. The molecule has 1 saturated heterocycles. The number of aliphatic hydroxyl groups excluding tert-OH is 1. The number of benzene rings is 5. The largest absolute Gasteiger partial charge is 0.497 e. The summed E-state index contributed by atoms with van der Waals surface area (Å²) in [6, 6.07) is 38.7. The standard InChI is InChI=1S/C44H48N2O5Si/c1-30-39(24-19-31-13-8-16-34(27-31)46-38-18-10-15-33-14-9-17-37(42(33)38)44(46)49)51-40(43(30)52(3,4)36-22-20-35(50-2)21-23-36)28-41(48)45(25-26-47)29-32-11-6-5-7-12-32/h5-18,20-23,27,30,39-40,43,47H,19,24-26,28-29H2,1-4H3/t30-,39+,40-,43+/m0/s1. The summed E-state index contributed by atoms with van der Waals surface area (Å²) in [4.78, 5) is 31.3. The summed E-state index contributed by atoms with van der Waals surface area (Å²) >= 11 is 0. The van der Waals surface area contributed by atoms with Gasteiger partial charge < -0.3 is 19.5 Å². The minimum atomic E-state index is -2.19. The van der Waals surface area contributed by atoms with E-state index < -0.39 is 8.07 Å². The van der Waals surface area contributed by atoms with Crippen LogP contribution in [0.2, 0.25) is 18.6 Å². The highest BCUT2D eigenvalue weighted by atomic mass is 28.3. The maximum Gasteiger partial charge on any atom is 0.263 e. The van der Waals surface area contributed by atoms with Crippen LogP contribution >= 0.6 is 0 Å². The Morgan fingerprint density at radius 2 is 1.60 bits per heavy atom. The number of methoxy groups -OCH3 is 1. The Labute approximate surface area is 307 Å². The normalized spacial score (nSPS) is 19.7. The van der Waals surface area contributed by atoms with Gasteiger partial charge in [-0.2, -0.15) is 0 Å². The van der Waals surface area contributed by atoms with Crippen LogP contribution in [-0.2, 0) is 22.5 Å². The first-order valence-electron chi connectivity index (χ1n) is 18.4. The Bertz CT molecular complexity index is 2040. The maximum absolute atomic E-state index is 14.0. The predicted octanol–water partition coefficient (Wildman–Crippen LogP) is 7.87. The summed E-state index contributed by atoms with van der Waals surface area (Å²) in [7, 11) is -0.503. The number of aliphatic hydroxyl groups is 1. The average molecular weight is 713 g/mol. The van der Waals surface area contributed by atoms with Gasteiger partial charge in [0.25, 0.3) is 5.91 Å². The van der Waals surface area contributed by atoms with Crippen LogP contribution in [0.4, 0.5) is 11.4 Å². The smallest absolute Gasteiger partial charge is 0.263 e. The third-order valence-corrected chi connectivity index (χ3v) is 15.7. The predicted molar refractivity (Wildman–Crippen MR) is 210 cm³/mol. The molecule has 0 aliphatic carbocycles. The second kappa shape index (κ2) is 15.1. The Hall–Kier alpha value is -4.76. The first-order chi connectivity index (χ1) is 25.2. The first-order valence-corrected chi connectivity index (χ1v) is 21.4. The van der Waals surface area contributed by atoms with Crippen LogP contribution in [-0.4, -0.2) is 62.4 Å². The molecule has 0 bridgehead atoms. The molecular formula is C44H48N2O5Si. The fourth-order valence-electron chi connectivity index (χ4n) is 8.69. The molecule has 7 rings (SSSR count). The van der Waals surface area contributed by atoms with Crippen LogP contribution in [0.25, 0.3) is 10.8 Å². The quantitative estimate of drug-likeness (QED) is 0.126. The molecule has 2 amide bonds. The van der Waals surface area contributed by atoms with Crippen LogP contribution in [0, 0.1) is 5.92 Å². The SMILES string of the molecule is COc1ccc([Si](C)(C)[C@@H]2[C@@H](C)[C@@H](CCc3cccc(N4C(=O)c5cccc6cccc4c56)c3)O[C@H]2CC(=O)N(CCO)Cc2ccccc2)cc1. The molecule has 1 fully saturated rings. The minimum Gasteiger partial charge on any atom is -0.497 e. The van der Waals surface area contributed by atoms with E-state index in [1.165, 1.54) is 5.19 Å². The summed E-state index contributed by atoms with van der Waals surface area (Å²) in [5.74, 6) is 1.05. The number of carbonyl (C=O) groups is 2. The summed E-state index contributed by atoms with van der Waals surface area (Å²) in [5.41, 5.74) is 4.89. The summed E-state index contributed by atoms with van der Waals surface area (Å²) < 4.78 is 12.4. The van der Waals surface area contributed by atoms with Crippen molar-refractivity contribution in [2.45, 2.75) is 63.6 Å². The number of hydrogen-bond acceptors (Lipinski definition) is 5. The van der Waals surface area contributed by atoms with Gasteiger partial charge >= 0.3 is 0 Å². The van der Waals surface area contributed by atoms with Gasteiger partial charge in [-0.05, 0) is 77.2 Å². The van der Waals surface area contributed by atoms with Crippen LogP contribution < -0.4 is 14.8 Å². The molecule has 5 aromatic rings. The molecule has 2 aliphatic heterocycles. The van der Waals surface area contributed by atoms with E-state index in [4.69, 9.17) is 9.47 Å². The molecule has 268 valence electrons. The average Bonchev–Trinajstić information content (AvgIpc) is 3.64. The zero-order chi connectivity index (χ0) is 36.4. The Morgan fingerprint density at radius 3 is 2.33 bits per heavy atom. The van der Waals surface area contributed by atoms with E-state index in [0.717, 1.165) is 57.4 Å². The molecule has 52 heavy (non-hydrogen) atoms. The molecular weight excluding hydrogens is 665 g/mol. The van der Waals surface area contributed by atoms with Crippen molar-refractivity contribution in [2.75, 3.05) is 25.2 Å². The van der Waals surface area contributed by atoms with Gasteiger partial charge in [-0.25, -0.2) is 0 Å². The van der Waals surface area contributed by atoms with E-state index in [0.29, 0.717) is 6.54 Å². The molecule has 0 unspecified atom stereocenters. The van der Waals surface area contributed by atoms with Crippen LogP contribution in [0.3, 0.4) is 0 Å². The molecule has 0 aromatic heterocycles. The minimum absolute atomic E-state index is 0.000257. The molecule has 2 aliphatic rings. The Morgan fingerprint density at radius 1 is 0.885 bits per heavy atom. The van der Waals surface area contributed by atoms with Crippen molar-refractivity contribution in [2.24, 2.45) is 5.92 Å². The number of anilines is 2. The molecule has 0 radical (unpaired) electrons. The lowest BCUT2D eigenvalue weighted by Crippen LogP contribution is -2.51. The molecule has 7 nitrogen and oxygen atoms in total. The molecule has 8 heteroatoms. The number of rotatable bonds is 13. The van der Waals surface area contributed by atoms with Crippen LogP contribution in [0.1, 0.15) is 41.3 Å². The topological polar surface area (TPSA) is 79.3 Å². The lowest BCUT2D eigenvalue weighted by molar-refractivity contribution is -0.135. The van der Waals surface area contributed by atoms with E-state index in [9.17, 15) is 14.7 Å². The Kier molecular flexibility index (Phi) is 10.3. The molecule has 0 saturated carbocycles. The fourth-order valence-corrected chi connectivity index (χ4v) is 12.8. The molecule has 0 spiro atoms. The number of nitrogens with zero attached hydrogens (tertiary/aromatic N) is 2. The van der Waals surface area contributed by atoms with E-state index in [-0.39, 0.29) is 55.1 Å². The first kappa shape index (κ1) is 35.6. The van der Waals surface area contributed by atoms with E-state index in [2.05, 4.69) is 56.4 Å². The second-order valence-electron chi connectivity index (χ2n) is 14.8. The second-order valence-corrected chi connectivity index (χ2v) is 19.5. The monoisotopic (exact) mass is 712 g/mol. The summed E-state index contributed by atoms with van der Waals surface area (Å²) in [6.45, 7) is 7.71. The van der Waals surface area contributed by atoms with Gasteiger partial charge in [-0.1, -0.05) is 104 Å². The van der Waals surface area contributed by atoms with Crippen molar-refractivity contribution >= 4 is 47.2 Å². The van der Waals surface area contributed by atoms with Crippen molar-refractivity contribution in [1.29, 1.82) is 0 Å². The number of amides is 2. The van der Waals surface area contributed by atoms with Gasteiger partial charge in [0.05, 0.1) is 51.7 Å². The van der Waals surface area contributed by atoms with Crippen molar-refractivity contribution in [3.05, 3.63) is 132 Å². The van der Waals surface area contributed by atoms with E-state index in [1.807, 2.05) is 83.8 Å². The molecule has 4 atom stereocenters. The van der Waals surface area contributed by atoms with Crippen LogP contribution in [0.5, 0.6) is 5.75 Å². The third-order valence-electron chi connectivity index (χ3n) is 11.3. The zero-order valence-corrected chi connectivity index (χ0v) is 31.5. The van der Waals surface area contributed by atoms with Crippen molar-refractivity contribution in [1.82, 2.24) is 4.90 Å². The highest BCUT2D eigenvalue weighted by Crippen LogP contribution is 2.47. The summed E-state index contributed by atoms with van der Waals surface area (Å²) in [6.07, 6.45) is 1.56. The third kappa shape index (κ3) is 6.90. The molecule has 1 N–H and O–H groups in total. The van der Waals surface area contributed by atoms with Gasteiger partial charge in [-0.15, -0.1) is 0 Å². The van der Waals surface area contributed by atoms with E-state index in [1.54, 1.807) is 12.0 Å². The van der Waals surface area contributed by atoms with Crippen molar-refractivity contribution in [3.63, 3.8) is 0 Å². The fraction of sp³-hybridized carbons (Fsp3) is 0.318. The molecule has 5 aromatic carbocycles. The Balaban J connectivity index is 1.12. The summed E-state index contributed by atoms with van der Waals surface area (Å²) in [5, 5.41) is 13.3. The van der Waals surface area contributed by atoms with Gasteiger partial charge in [0, 0.05) is 24.2 Å². The van der Waals surface area contributed by atoms with Gasteiger partial charge in [0.1, 0.15) is 5.75 Å². The lowest BCUT2D eigenvalue weighted by Gasteiger charge is -2.36. The van der Waals surface area contributed by atoms with Gasteiger partial charge in [0.15, 0.2) is 0 Å². The van der Waals surface area contributed by atoms with Gasteiger partial charge in [-0.3, -0.25) is 14.5 Å². The zero-order valence-electron chi connectivity index (χ0n) is 30.5. The number of ether oxygens (including phenoxy) is 2. The number of carbonyl (C=O) groups excluding carboxylic acids is 2. The van der Waals surface area contributed by atoms with Crippen molar-refractivity contribution < 1.29 is 24.2 Å². The van der Waals surface area contributed by atoms with Crippen molar-refractivity contribution in [3.8, 4) is 5.75 Å². The van der Waals surface area contributed by atoms with Crippen LogP contribution in [0.15, 0.2) is 115 Å². The van der Waals surface area contributed by atoms with E-state index >= 15 is 0 Å². The lowest BCUT2D eigenvalue weighted by atomic mass is 9.95. The molecule has 2 heterocycles. The maximum atomic E-state index is 14.0.